The first-order chi connectivity index (χ1) is 8.79. The summed E-state index contributed by atoms with van der Waals surface area (Å²) in [7, 11) is 2.05. The molecule has 0 aromatic heterocycles. The molecule has 0 radical (unpaired) electrons. The molecule has 3 rings (SSSR count). The topological polar surface area (TPSA) is 15.3 Å². The van der Waals surface area contributed by atoms with Crippen LogP contribution < -0.4 is 10.2 Å². The lowest BCUT2D eigenvalue weighted by atomic mass is 9.85. The lowest BCUT2D eigenvalue weighted by molar-refractivity contribution is 0.319. The first-order valence-corrected chi connectivity index (χ1v) is 7.33. The number of para-hydroxylation sites is 1. The molecule has 1 aromatic rings. The SMILES string of the molecule is CNC(C)c1cccc2c1N(CC1CCC1)CC2. The second kappa shape index (κ2) is 4.93. The quantitative estimate of drug-likeness (QED) is 0.875. The van der Waals surface area contributed by atoms with Gasteiger partial charge in [-0.25, -0.2) is 0 Å². The smallest absolute Gasteiger partial charge is 0.0448 e. The second-order valence-corrected chi connectivity index (χ2v) is 5.86. The lowest BCUT2D eigenvalue weighted by Crippen LogP contribution is -2.32. The van der Waals surface area contributed by atoms with Crippen LogP contribution >= 0.6 is 0 Å². The Hall–Kier alpha value is -1.02. The van der Waals surface area contributed by atoms with E-state index in [9.17, 15) is 0 Å². The number of nitrogens with zero attached hydrogens (tertiary/aromatic N) is 1. The monoisotopic (exact) mass is 244 g/mol. The largest absolute Gasteiger partial charge is 0.370 e. The maximum absolute atomic E-state index is 3.39. The molecule has 2 aliphatic rings. The van der Waals surface area contributed by atoms with Gasteiger partial charge in [0.15, 0.2) is 0 Å². The Kier molecular flexibility index (Phi) is 3.29. The molecule has 1 aliphatic carbocycles. The van der Waals surface area contributed by atoms with Crippen molar-refractivity contribution in [1.29, 1.82) is 0 Å². The third-order valence-corrected chi connectivity index (χ3v) is 4.72. The highest BCUT2D eigenvalue weighted by Gasteiger charge is 2.27. The van der Waals surface area contributed by atoms with Crippen LogP contribution in [0.2, 0.25) is 0 Å². The van der Waals surface area contributed by atoms with Gasteiger partial charge >= 0.3 is 0 Å². The van der Waals surface area contributed by atoms with E-state index in [2.05, 4.69) is 42.4 Å². The Morgan fingerprint density at radius 1 is 1.39 bits per heavy atom. The molecule has 1 fully saturated rings. The van der Waals surface area contributed by atoms with Gasteiger partial charge < -0.3 is 10.2 Å². The third kappa shape index (κ3) is 2.03. The first-order valence-electron chi connectivity index (χ1n) is 7.33. The van der Waals surface area contributed by atoms with Crippen LogP contribution in [0.4, 0.5) is 5.69 Å². The minimum Gasteiger partial charge on any atom is -0.370 e. The number of benzene rings is 1. The molecule has 2 heteroatoms. The molecule has 0 saturated heterocycles. The number of hydrogen-bond acceptors (Lipinski definition) is 2. The normalized spacial score (nSPS) is 20.7. The standard InChI is InChI=1S/C16H24N2/c1-12(17-2)15-8-4-7-14-9-10-18(16(14)15)11-13-5-3-6-13/h4,7-8,12-13,17H,3,5-6,9-11H2,1-2H3. The predicted molar refractivity (Wildman–Crippen MR) is 77.2 cm³/mol. The zero-order valence-corrected chi connectivity index (χ0v) is 11.6. The molecule has 1 aliphatic heterocycles. The third-order valence-electron chi connectivity index (χ3n) is 4.72. The Morgan fingerprint density at radius 3 is 2.89 bits per heavy atom. The molecule has 2 nitrogen and oxygen atoms in total. The number of fused-ring (bicyclic) bond motifs is 1. The summed E-state index contributed by atoms with van der Waals surface area (Å²) >= 11 is 0. The molecule has 98 valence electrons. The summed E-state index contributed by atoms with van der Waals surface area (Å²) in [5, 5.41) is 3.39. The molecule has 1 atom stereocenters. The fraction of sp³-hybridized carbons (Fsp3) is 0.625. The van der Waals surface area contributed by atoms with Crippen molar-refractivity contribution < 1.29 is 0 Å². The Balaban J connectivity index is 1.87. The van der Waals surface area contributed by atoms with Crippen LogP contribution in [0.3, 0.4) is 0 Å². The van der Waals surface area contributed by atoms with Gasteiger partial charge in [-0.1, -0.05) is 24.6 Å². The average molecular weight is 244 g/mol. The summed E-state index contributed by atoms with van der Waals surface area (Å²) in [5.74, 6) is 0.953. The van der Waals surface area contributed by atoms with Gasteiger partial charge in [0.1, 0.15) is 0 Å². The molecule has 1 N–H and O–H groups in total. The fourth-order valence-corrected chi connectivity index (χ4v) is 3.24. The van der Waals surface area contributed by atoms with Gasteiger partial charge in [-0.15, -0.1) is 0 Å². The van der Waals surface area contributed by atoms with Crippen LogP contribution in [-0.4, -0.2) is 20.1 Å². The number of anilines is 1. The molecular formula is C16H24N2. The maximum atomic E-state index is 3.39. The van der Waals surface area contributed by atoms with Crippen LogP contribution in [0.15, 0.2) is 18.2 Å². The minimum atomic E-state index is 0.446. The zero-order chi connectivity index (χ0) is 12.5. The molecule has 1 unspecified atom stereocenters. The van der Waals surface area contributed by atoms with E-state index < -0.39 is 0 Å². The van der Waals surface area contributed by atoms with Gasteiger partial charge in [-0.3, -0.25) is 0 Å². The first kappa shape index (κ1) is 12.0. The zero-order valence-electron chi connectivity index (χ0n) is 11.6. The number of hydrogen-bond donors (Lipinski definition) is 1. The van der Waals surface area contributed by atoms with E-state index in [4.69, 9.17) is 0 Å². The van der Waals surface area contributed by atoms with Gasteiger partial charge in [0.25, 0.3) is 0 Å². The summed E-state index contributed by atoms with van der Waals surface area (Å²) in [6.45, 7) is 4.76. The summed E-state index contributed by atoms with van der Waals surface area (Å²) in [6, 6.07) is 7.26. The fourth-order valence-electron chi connectivity index (χ4n) is 3.24. The molecule has 0 spiro atoms. The molecule has 0 amide bonds. The molecule has 1 saturated carbocycles. The van der Waals surface area contributed by atoms with Crippen LogP contribution in [0.1, 0.15) is 43.4 Å². The Morgan fingerprint density at radius 2 is 2.22 bits per heavy atom. The van der Waals surface area contributed by atoms with Crippen LogP contribution in [0, 0.1) is 5.92 Å². The van der Waals surface area contributed by atoms with Gasteiger partial charge in [-0.2, -0.15) is 0 Å². The maximum Gasteiger partial charge on any atom is 0.0448 e. The highest BCUT2D eigenvalue weighted by molar-refractivity contribution is 5.64. The molecular weight excluding hydrogens is 220 g/mol. The summed E-state index contributed by atoms with van der Waals surface area (Å²) in [4.78, 5) is 2.64. The van der Waals surface area contributed by atoms with Crippen LogP contribution in [-0.2, 0) is 6.42 Å². The minimum absolute atomic E-state index is 0.446. The van der Waals surface area contributed by atoms with Crippen LogP contribution in [0.25, 0.3) is 0 Å². The van der Waals surface area contributed by atoms with Gasteiger partial charge in [0.05, 0.1) is 0 Å². The molecule has 1 heterocycles. The molecule has 0 bridgehead atoms. The summed E-state index contributed by atoms with van der Waals surface area (Å²) in [5.41, 5.74) is 4.56. The van der Waals surface area contributed by atoms with E-state index in [-0.39, 0.29) is 0 Å². The Labute approximate surface area is 110 Å². The molecule has 18 heavy (non-hydrogen) atoms. The van der Waals surface area contributed by atoms with Gasteiger partial charge in [0.2, 0.25) is 0 Å². The second-order valence-electron chi connectivity index (χ2n) is 5.86. The molecule has 1 aromatic carbocycles. The highest BCUT2D eigenvalue weighted by atomic mass is 15.2. The van der Waals surface area contributed by atoms with Crippen molar-refractivity contribution in [2.45, 2.75) is 38.6 Å². The van der Waals surface area contributed by atoms with Gasteiger partial charge in [0, 0.05) is 24.8 Å². The van der Waals surface area contributed by atoms with E-state index >= 15 is 0 Å². The summed E-state index contributed by atoms with van der Waals surface area (Å²) in [6.07, 6.45) is 5.55. The van der Waals surface area contributed by atoms with E-state index in [1.54, 1.807) is 5.56 Å². The summed E-state index contributed by atoms with van der Waals surface area (Å²) < 4.78 is 0. The van der Waals surface area contributed by atoms with E-state index in [0.29, 0.717) is 6.04 Å². The van der Waals surface area contributed by atoms with Crippen molar-refractivity contribution in [3.05, 3.63) is 29.3 Å². The van der Waals surface area contributed by atoms with Crippen molar-refractivity contribution >= 4 is 5.69 Å². The Bertz CT molecular complexity index is 423. The average Bonchev–Trinajstić information content (AvgIpc) is 2.76. The van der Waals surface area contributed by atoms with Crippen molar-refractivity contribution in [2.24, 2.45) is 5.92 Å². The highest BCUT2D eigenvalue weighted by Crippen LogP contribution is 2.37. The van der Waals surface area contributed by atoms with E-state index in [1.807, 2.05) is 0 Å². The predicted octanol–water partition coefficient (Wildman–Crippen LogP) is 3.13. The van der Waals surface area contributed by atoms with Crippen molar-refractivity contribution in [3.63, 3.8) is 0 Å². The lowest BCUT2D eigenvalue weighted by Gasteiger charge is -2.33. The van der Waals surface area contributed by atoms with Crippen LogP contribution in [0.5, 0.6) is 0 Å². The van der Waals surface area contributed by atoms with E-state index in [1.165, 1.54) is 50.0 Å². The van der Waals surface area contributed by atoms with Crippen molar-refractivity contribution in [3.8, 4) is 0 Å². The number of nitrogens with one attached hydrogen (secondary N) is 1. The van der Waals surface area contributed by atoms with Crippen molar-refractivity contribution in [2.75, 3.05) is 25.0 Å². The van der Waals surface area contributed by atoms with Crippen molar-refractivity contribution in [1.82, 2.24) is 5.32 Å². The number of rotatable bonds is 4. The van der Waals surface area contributed by atoms with E-state index in [0.717, 1.165) is 5.92 Å². The van der Waals surface area contributed by atoms with Gasteiger partial charge in [-0.05, 0) is 50.3 Å².